The number of methoxy groups -OCH3 is 1. The zero-order valence-corrected chi connectivity index (χ0v) is 14.1. The van der Waals surface area contributed by atoms with Crippen molar-refractivity contribution >= 4 is 22.8 Å². The minimum atomic E-state index is 0.722. The third-order valence-corrected chi connectivity index (χ3v) is 5.18. The summed E-state index contributed by atoms with van der Waals surface area (Å²) in [5, 5.41) is 1.12. The molecule has 3 rings (SSSR count). The number of benzene rings is 1. The summed E-state index contributed by atoms with van der Waals surface area (Å²) in [7, 11) is 1.75. The predicted molar refractivity (Wildman–Crippen MR) is 92.6 cm³/mol. The Labute approximate surface area is 136 Å². The van der Waals surface area contributed by atoms with Gasteiger partial charge in [0.1, 0.15) is 0 Å². The zero-order chi connectivity index (χ0) is 15.2. The number of thioether (sulfide) groups is 1. The Morgan fingerprint density at radius 2 is 1.95 bits per heavy atom. The molecule has 0 spiro atoms. The standard InChI is InChI=1S/C17H25N3OS/c1-21-13-11-20-16-8-4-3-7-15(16)18-17(20)22-14-12-19-9-5-2-6-10-19/h3-4,7-8H,2,5-6,9-14H2,1H3. The van der Waals surface area contributed by atoms with Crippen LogP contribution in [0.3, 0.4) is 0 Å². The summed E-state index contributed by atoms with van der Waals surface area (Å²) in [6, 6.07) is 8.37. The average Bonchev–Trinajstić information content (AvgIpc) is 2.91. The average molecular weight is 319 g/mol. The van der Waals surface area contributed by atoms with Gasteiger partial charge < -0.3 is 14.2 Å². The number of piperidine rings is 1. The molecule has 2 aromatic rings. The van der Waals surface area contributed by atoms with Crippen molar-refractivity contribution in [3.05, 3.63) is 24.3 Å². The Bertz CT molecular complexity index is 593. The minimum absolute atomic E-state index is 0.722. The van der Waals surface area contributed by atoms with Gasteiger partial charge in [-0.3, -0.25) is 0 Å². The molecule has 1 fully saturated rings. The van der Waals surface area contributed by atoms with E-state index in [4.69, 9.17) is 9.72 Å². The Hall–Kier alpha value is -1.04. The first-order chi connectivity index (χ1) is 10.9. The lowest BCUT2D eigenvalue weighted by molar-refractivity contribution is 0.186. The quantitative estimate of drug-likeness (QED) is 0.733. The number of rotatable bonds is 7. The van der Waals surface area contributed by atoms with Crippen LogP contribution in [0.1, 0.15) is 19.3 Å². The van der Waals surface area contributed by atoms with E-state index >= 15 is 0 Å². The number of ether oxygens (including phenoxy) is 1. The highest BCUT2D eigenvalue weighted by atomic mass is 32.2. The highest BCUT2D eigenvalue weighted by molar-refractivity contribution is 7.99. The molecule has 1 aromatic heterocycles. The molecule has 22 heavy (non-hydrogen) atoms. The van der Waals surface area contributed by atoms with Gasteiger partial charge in [0.25, 0.3) is 0 Å². The van der Waals surface area contributed by atoms with Gasteiger partial charge in [0, 0.05) is 26.0 Å². The maximum atomic E-state index is 5.25. The van der Waals surface area contributed by atoms with E-state index in [1.54, 1.807) is 7.11 Å². The Balaban J connectivity index is 1.66. The predicted octanol–water partition coefficient (Wildman–Crippen LogP) is 3.26. The molecule has 0 saturated carbocycles. The van der Waals surface area contributed by atoms with Crippen molar-refractivity contribution in [1.29, 1.82) is 0 Å². The molecule has 120 valence electrons. The number of imidazole rings is 1. The van der Waals surface area contributed by atoms with Gasteiger partial charge in [-0.05, 0) is 38.1 Å². The van der Waals surface area contributed by atoms with E-state index < -0.39 is 0 Å². The van der Waals surface area contributed by atoms with Crippen LogP contribution in [0, 0.1) is 0 Å². The lowest BCUT2D eigenvalue weighted by atomic mass is 10.1. The number of nitrogens with zero attached hydrogens (tertiary/aromatic N) is 3. The number of aromatic nitrogens is 2. The van der Waals surface area contributed by atoms with E-state index in [9.17, 15) is 0 Å². The number of likely N-dealkylation sites (tertiary alicyclic amines) is 1. The minimum Gasteiger partial charge on any atom is -0.383 e. The van der Waals surface area contributed by atoms with Gasteiger partial charge >= 0.3 is 0 Å². The molecule has 5 heteroatoms. The van der Waals surface area contributed by atoms with E-state index in [1.165, 1.54) is 37.9 Å². The van der Waals surface area contributed by atoms with Crippen LogP contribution in [0.15, 0.2) is 29.4 Å². The molecule has 1 aliphatic rings. The fourth-order valence-electron chi connectivity index (χ4n) is 3.01. The van der Waals surface area contributed by atoms with E-state index in [0.717, 1.165) is 36.1 Å². The van der Waals surface area contributed by atoms with Gasteiger partial charge in [0.05, 0.1) is 17.6 Å². The largest absolute Gasteiger partial charge is 0.383 e. The van der Waals surface area contributed by atoms with Crippen LogP contribution in [0.2, 0.25) is 0 Å². The fourth-order valence-corrected chi connectivity index (χ4v) is 4.05. The molecule has 0 aliphatic carbocycles. The molecular formula is C17H25N3OS. The second-order valence-electron chi connectivity index (χ2n) is 5.78. The molecule has 0 radical (unpaired) electrons. The number of para-hydroxylation sites is 2. The van der Waals surface area contributed by atoms with Crippen LogP contribution in [-0.4, -0.2) is 53.6 Å². The van der Waals surface area contributed by atoms with Crippen LogP contribution < -0.4 is 0 Å². The molecule has 0 amide bonds. The van der Waals surface area contributed by atoms with Crippen molar-refractivity contribution in [2.75, 3.05) is 39.1 Å². The van der Waals surface area contributed by atoms with Crippen molar-refractivity contribution in [3.63, 3.8) is 0 Å². The number of fused-ring (bicyclic) bond motifs is 1. The molecular weight excluding hydrogens is 294 g/mol. The molecule has 0 unspecified atom stereocenters. The van der Waals surface area contributed by atoms with Crippen molar-refractivity contribution in [2.24, 2.45) is 0 Å². The lowest BCUT2D eigenvalue weighted by Gasteiger charge is -2.25. The summed E-state index contributed by atoms with van der Waals surface area (Å²) < 4.78 is 7.54. The van der Waals surface area contributed by atoms with Gasteiger partial charge in [-0.1, -0.05) is 30.3 Å². The fraction of sp³-hybridized carbons (Fsp3) is 0.588. The number of hydrogen-bond acceptors (Lipinski definition) is 4. The van der Waals surface area contributed by atoms with Crippen molar-refractivity contribution in [3.8, 4) is 0 Å². The summed E-state index contributed by atoms with van der Waals surface area (Å²) in [5.74, 6) is 1.11. The molecule has 2 heterocycles. The van der Waals surface area contributed by atoms with E-state index in [-0.39, 0.29) is 0 Å². The van der Waals surface area contributed by atoms with E-state index in [2.05, 4.69) is 33.7 Å². The summed E-state index contributed by atoms with van der Waals surface area (Å²) in [6.45, 7) is 5.28. The maximum absolute atomic E-state index is 5.25. The van der Waals surface area contributed by atoms with E-state index in [1.807, 2.05) is 11.8 Å². The topological polar surface area (TPSA) is 30.3 Å². The highest BCUT2D eigenvalue weighted by Crippen LogP contribution is 2.24. The van der Waals surface area contributed by atoms with Gasteiger partial charge in [-0.25, -0.2) is 4.98 Å². The summed E-state index contributed by atoms with van der Waals surface area (Å²) >= 11 is 1.87. The Morgan fingerprint density at radius 3 is 2.77 bits per heavy atom. The SMILES string of the molecule is COCCn1c(SCCN2CCCCC2)nc2ccccc21. The second kappa shape index (κ2) is 7.99. The van der Waals surface area contributed by atoms with Gasteiger partial charge in [0.15, 0.2) is 5.16 Å². The maximum Gasteiger partial charge on any atom is 0.169 e. The smallest absolute Gasteiger partial charge is 0.169 e. The summed E-state index contributed by atoms with van der Waals surface area (Å²) in [5.41, 5.74) is 2.29. The van der Waals surface area contributed by atoms with Gasteiger partial charge in [-0.15, -0.1) is 0 Å². The van der Waals surface area contributed by atoms with Crippen molar-refractivity contribution in [2.45, 2.75) is 31.0 Å². The van der Waals surface area contributed by atoms with Crippen LogP contribution in [-0.2, 0) is 11.3 Å². The first kappa shape index (κ1) is 15.8. The first-order valence-electron chi connectivity index (χ1n) is 8.18. The molecule has 1 aromatic carbocycles. The molecule has 0 bridgehead atoms. The van der Waals surface area contributed by atoms with Crippen molar-refractivity contribution < 1.29 is 4.74 Å². The van der Waals surface area contributed by atoms with Gasteiger partial charge in [0.2, 0.25) is 0 Å². The molecule has 0 atom stereocenters. The Kier molecular flexibility index (Phi) is 5.76. The summed E-state index contributed by atoms with van der Waals surface area (Å²) in [6.07, 6.45) is 4.12. The Morgan fingerprint density at radius 1 is 1.14 bits per heavy atom. The van der Waals surface area contributed by atoms with Crippen LogP contribution in [0.4, 0.5) is 0 Å². The molecule has 1 aliphatic heterocycles. The zero-order valence-electron chi connectivity index (χ0n) is 13.3. The van der Waals surface area contributed by atoms with E-state index in [0.29, 0.717) is 0 Å². The highest BCUT2D eigenvalue weighted by Gasteiger charge is 2.13. The van der Waals surface area contributed by atoms with Crippen LogP contribution in [0.5, 0.6) is 0 Å². The van der Waals surface area contributed by atoms with Gasteiger partial charge in [-0.2, -0.15) is 0 Å². The lowest BCUT2D eigenvalue weighted by Crippen LogP contribution is -2.31. The number of hydrogen-bond donors (Lipinski definition) is 0. The third kappa shape index (κ3) is 3.83. The monoisotopic (exact) mass is 319 g/mol. The first-order valence-corrected chi connectivity index (χ1v) is 9.16. The van der Waals surface area contributed by atoms with Crippen LogP contribution >= 0.6 is 11.8 Å². The molecule has 1 saturated heterocycles. The molecule has 0 N–H and O–H groups in total. The molecule has 4 nitrogen and oxygen atoms in total. The summed E-state index contributed by atoms with van der Waals surface area (Å²) in [4.78, 5) is 7.38. The van der Waals surface area contributed by atoms with Crippen molar-refractivity contribution in [1.82, 2.24) is 14.5 Å². The second-order valence-corrected chi connectivity index (χ2v) is 6.84. The van der Waals surface area contributed by atoms with Crippen LogP contribution in [0.25, 0.3) is 11.0 Å². The normalized spacial score (nSPS) is 16.4. The third-order valence-electron chi connectivity index (χ3n) is 4.23.